The number of aromatic nitrogens is 2. The summed E-state index contributed by atoms with van der Waals surface area (Å²) in [7, 11) is 0. The van der Waals surface area contributed by atoms with Crippen molar-refractivity contribution in [3.05, 3.63) is 39.8 Å². The quantitative estimate of drug-likeness (QED) is 0.673. The Balaban J connectivity index is 1.87. The Labute approximate surface area is 109 Å². The van der Waals surface area contributed by atoms with E-state index in [1.165, 1.54) is 0 Å². The van der Waals surface area contributed by atoms with Crippen LogP contribution in [-0.4, -0.2) is 21.9 Å². The first-order valence-corrected chi connectivity index (χ1v) is 6.39. The van der Waals surface area contributed by atoms with E-state index in [2.05, 4.69) is 15.6 Å². The van der Waals surface area contributed by atoms with Crippen LogP contribution in [0.2, 0.25) is 0 Å². The second kappa shape index (κ2) is 5.59. The van der Waals surface area contributed by atoms with Crippen molar-refractivity contribution in [2.45, 2.75) is 20.4 Å². The first kappa shape index (κ1) is 12.5. The molecule has 2 aromatic rings. The van der Waals surface area contributed by atoms with Gasteiger partial charge < -0.3 is 0 Å². The van der Waals surface area contributed by atoms with Gasteiger partial charge in [0.25, 0.3) is 5.91 Å². The van der Waals surface area contributed by atoms with Crippen molar-refractivity contribution in [1.82, 2.24) is 15.2 Å². The Hall–Kier alpha value is -1.95. The molecule has 2 aromatic heterocycles. The van der Waals surface area contributed by atoms with Crippen LogP contribution in [-0.2, 0) is 11.3 Å². The Kier molecular flexibility index (Phi) is 3.88. The topological polar surface area (TPSA) is 59.3 Å². The summed E-state index contributed by atoms with van der Waals surface area (Å²) >= 11 is 1.57. The monoisotopic (exact) mass is 262 g/mol. The van der Waals surface area contributed by atoms with Crippen molar-refractivity contribution in [3.8, 4) is 0 Å². The highest BCUT2D eigenvalue weighted by atomic mass is 32.1. The zero-order valence-electron chi connectivity index (χ0n) is 10.3. The van der Waals surface area contributed by atoms with Gasteiger partial charge in [-0.15, -0.1) is 11.3 Å². The minimum Gasteiger partial charge on any atom is -0.271 e. The molecule has 0 atom stereocenters. The van der Waals surface area contributed by atoms with Crippen LogP contribution in [0.3, 0.4) is 0 Å². The summed E-state index contributed by atoms with van der Waals surface area (Å²) in [5.74, 6) is -0.186. The summed E-state index contributed by atoms with van der Waals surface area (Å²) in [5, 5.41) is 10.1. The van der Waals surface area contributed by atoms with Crippen molar-refractivity contribution in [2.24, 2.45) is 5.10 Å². The molecule has 0 aromatic carbocycles. The van der Waals surface area contributed by atoms with Crippen molar-refractivity contribution < 1.29 is 4.79 Å². The maximum atomic E-state index is 11.6. The van der Waals surface area contributed by atoms with E-state index in [9.17, 15) is 4.79 Å². The fourth-order valence-corrected chi connectivity index (χ4v) is 2.12. The van der Waals surface area contributed by atoms with E-state index in [1.54, 1.807) is 22.2 Å². The molecule has 0 radical (unpaired) electrons. The van der Waals surface area contributed by atoms with E-state index in [1.807, 2.05) is 37.4 Å². The largest absolute Gasteiger partial charge is 0.271 e. The van der Waals surface area contributed by atoms with Gasteiger partial charge in [-0.1, -0.05) is 6.07 Å². The highest BCUT2D eigenvalue weighted by Gasteiger charge is 2.05. The number of aryl methyl sites for hydroxylation is 2. The van der Waals surface area contributed by atoms with Crippen LogP contribution < -0.4 is 5.43 Å². The zero-order chi connectivity index (χ0) is 13.0. The molecule has 0 aliphatic rings. The summed E-state index contributed by atoms with van der Waals surface area (Å²) in [5.41, 5.74) is 4.35. The fourth-order valence-electron chi connectivity index (χ4n) is 1.54. The molecule has 0 saturated heterocycles. The third kappa shape index (κ3) is 3.27. The lowest BCUT2D eigenvalue weighted by Crippen LogP contribution is -2.24. The van der Waals surface area contributed by atoms with Gasteiger partial charge in [0.1, 0.15) is 6.54 Å². The lowest BCUT2D eigenvalue weighted by Gasteiger charge is -2.02. The van der Waals surface area contributed by atoms with Crippen LogP contribution >= 0.6 is 11.3 Å². The number of rotatable bonds is 4. The Morgan fingerprint density at radius 3 is 3.06 bits per heavy atom. The molecule has 2 rings (SSSR count). The van der Waals surface area contributed by atoms with Gasteiger partial charge in [0.05, 0.1) is 11.9 Å². The highest BCUT2D eigenvalue weighted by Crippen LogP contribution is 2.04. The molecule has 0 aliphatic carbocycles. The van der Waals surface area contributed by atoms with Gasteiger partial charge in [-0.05, 0) is 31.4 Å². The number of thiophene rings is 1. The molecule has 5 nitrogen and oxygen atoms in total. The van der Waals surface area contributed by atoms with Crippen LogP contribution in [0.1, 0.15) is 16.3 Å². The molecule has 1 amide bonds. The van der Waals surface area contributed by atoms with Gasteiger partial charge in [0.2, 0.25) is 0 Å². The number of amides is 1. The SMILES string of the molecule is Cc1cc(C)n(CC(=O)N/N=C/c2cccs2)n1. The molecular weight excluding hydrogens is 248 g/mol. The Morgan fingerprint density at radius 1 is 1.61 bits per heavy atom. The minimum atomic E-state index is -0.186. The molecule has 0 fully saturated rings. The summed E-state index contributed by atoms with van der Waals surface area (Å²) in [4.78, 5) is 12.6. The summed E-state index contributed by atoms with van der Waals surface area (Å²) in [6.07, 6.45) is 1.63. The summed E-state index contributed by atoms with van der Waals surface area (Å²) < 4.78 is 1.66. The zero-order valence-corrected chi connectivity index (χ0v) is 11.1. The first-order valence-electron chi connectivity index (χ1n) is 5.51. The van der Waals surface area contributed by atoms with Gasteiger partial charge in [-0.25, -0.2) is 5.43 Å². The average molecular weight is 262 g/mol. The molecule has 94 valence electrons. The van der Waals surface area contributed by atoms with E-state index >= 15 is 0 Å². The lowest BCUT2D eigenvalue weighted by molar-refractivity contribution is -0.121. The van der Waals surface area contributed by atoms with Crippen molar-refractivity contribution in [2.75, 3.05) is 0 Å². The molecule has 2 heterocycles. The predicted molar refractivity (Wildman–Crippen MR) is 71.8 cm³/mol. The third-order valence-electron chi connectivity index (χ3n) is 2.32. The number of hydrogen-bond acceptors (Lipinski definition) is 4. The number of hydrazone groups is 1. The summed E-state index contributed by atoms with van der Waals surface area (Å²) in [6.45, 7) is 4.00. The van der Waals surface area contributed by atoms with E-state index in [-0.39, 0.29) is 12.5 Å². The van der Waals surface area contributed by atoms with Crippen molar-refractivity contribution >= 4 is 23.5 Å². The normalized spacial score (nSPS) is 11.0. The van der Waals surface area contributed by atoms with E-state index < -0.39 is 0 Å². The fraction of sp³-hybridized carbons (Fsp3) is 0.250. The molecule has 0 bridgehead atoms. The molecular formula is C12H14N4OS. The molecule has 18 heavy (non-hydrogen) atoms. The van der Waals surface area contributed by atoms with E-state index in [0.29, 0.717) is 0 Å². The standard InChI is InChI=1S/C12H14N4OS/c1-9-6-10(2)16(15-9)8-12(17)14-13-7-11-4-3-5-18-11/h3-7H,8H2,1-2H3,(H,14,17)/b13-7+. The van der Waals surface area contributed by atoms with E-state index in [0.717, 1.165) is 16.3 Å². The Bertz CT molecular complexity index is 557. The first-order chi connectivity index (χ1) is 8.65. The van der Waals surface area contributed by atoms with Crippen molar-refractivity contribution in [1.29, 1.82) is 0 Å². The number of carbonyl (C=O) groups is 1. The lowest BCUT2D eigenvalue weighted by atomic mass is 10.4. The van der Waals surface area contributed by atoms with Gasteiger partial charge in [0, 0.05) is 10.6 Å². The van der Waals surface area contributed by atoms with Crippen LogP contribution in [0, 0.1) is 13.8 Å². The smallest absolute Gasteiger partial charge is 0.261 e. The molecule has 1 N–H and O–H groups in total. The molecule has 0 aliphatic heterocycles. The van der Waals surface area contributed by atoms with Crippen LogP contribution in [0.5, 0.6) is 0 Å². The molecule has 0 spiro atoms. The molecule has 6 heteroatoms. The van der Waals surface area contributed by atoms with Crippen LogP contribution in [0.15, 0.2) is 28.7 Å². The maximum Gasteiger partial charge on any atom is 0.261 e. The summed E-state index contributed by atoms with van der Waals surface area (Å²) in [6, 6.07) is 5.80. The molecule has 0 saturated carbocycles. The number of nitrogens with zero attached hydrogens (tertiary/aromatic N) is 3. The van der Waals surface area contributed by atoms with Gasteiger partial charge in [-0.2, -0.15) is 10.2 Å². The molecule has 0 unspecified atom stereocenters. The number of hydrogen-bond donors (Lipinski definition) is 1. The minimum absolute atomic E-state index is 0.182. The highest BCUT2D eigenvalue weighted by molar-refractivity contribution is 7.11. The van der Waals surface area contributed by atoms with Gasteiger partial charge in [0.15, 0.2) is 0 Å². The second-order valence-electron chi connectivity index (χ2n) is 3.89. The number of nitrogens with one attached hydrogen (secondary N) is 1. The van der Waals surface area contributed by atoms with Crippen molar-refractivity contribution in [3.63, 3.8) is 0 Å². The van der Waals surface area contributed by atoms with Crippen LogP contribution in [0.25, 0.3) is 0 Å². The average Bonchev–Trinajstić information content (AvgIpc) is 2.90. The maximum absolute atomic E-state index is 11.6. The number of carbonyl (C=O) groups excluding carboxylic acids is 1. The van der Waals surface area contributed by atoms with Gasteiger partial charge in [-0.3, -0.25) is 9.48 Å². The van der Waals surface area contributed by atoms with E-state index in [4.69, 9.17) is 0 Å². The predicted octanol–water partition coefficient (Wildman–Crippen LogP) is 1.71. The second-order valence-corrected chi connectivity index (χ2v) is 4.87. The third-order valence-corrected chi connectivity index (χ3v) is 3.13. The van der Waals surface area contributed by atoms with Crippen LogP contribution in [0.4, 0.5) is 0 Å². The van der Waals surface area contributed by atoms with Gasteiger partial charge >= 0.3 is 0 Å². The Morgan fingerprint density at radius 2 is 2.44 bits per heavy atom.